The molecule has 0 rings (SSSR count). The second-order valence-electron chi connectivity index (χ2n) is 4.40. The molecule has 0 spiro atoms. The first-order valence-electron chi connectivity index (χ1n) is 4.74. The molecule has 2 nitrogen and oxygen atoms in total. The second kappa shape index (κ2) is 5.63. The summed E-state index contributed by atoms with van der Waals surface area (Å²) in [4.78, 5) is 13.6. The topological polar surface area (TPSA) is 20.3 Å². The van der Waals surface area contributed by atoms with E-state index >= 15 is 0 Å². The predicted octanol–water partition coefficient (Wildman–Crippen LogP) is 2.67. The van der Waals surface area contributed by atoms with Crippen LogP contribution in [-0.2, 0) is 4.79 Å². The van der Waals surface area contributed by atoms with Gasteiger partial charge in [-0.1, -0.05) is 36.7 Å². The lowest BCUT2D eigenvalue weighted by molar-refractivity contribution is -0.132. The number of hydrogen-bond donors (Lipinski definition) is 0. The Morgan fingerprint density at radius 2 is 1.92 bits per heavy atom. The van der Waals surface area contributed by atoms with Gasteiger partial charge >= 0.3 is 0 Å². The normalized spacial score (nSPS) is 11.5. The molecule has 0 aromatic carbocycles. The van der Waals surface area contributed by atoms with Gasteiger partial charge in [-0.3, -0.25) is 4.79 Å². The molecule has 1 amide bonds. The highest BCUT2D eigenvalue weighted by Gasteiger charge is 2.19. The summed E-state index contributed by atoms with van der Waals surface area (Å²) in [7, 11) is 0. The number of rotatable bonds is 4. The van der Waals surface area contributed by atoms with Crippen molar-refractivity contribution >= 4 is 21.8 Å². The Morgan fingerprint density at radius 3 is 2.23 bits per heavy atom. The Morgan fingerprint density at radius 1 is 1.38 bits per heavy atom. The number of amides is 1. The SMILES string of the molecule is CCN(CCBr)C(=O)CC(C)(C)C. The van der Waals surface area contributed by atoms with Crippen molar-refractivity contribution in [3.63, 3.8) is 0 Å². The zero-order valence-corrected chi connectivity index (χ0v) is 10.6. The lowest BCUT2D eigenvalue weighted by Gasteiger charge is -2.24. The van der Waals surface area contributed by atoms with Crippen molar-refractivity contribution in [1.82, 2.24) is 4.90 Å². The molecule has 0 saturated heterocycles. The standard InChI is InChI=1S/C10H20BrNO/c1-5-12(7-6-11)9(13)8-10(2,3)4/h5-8H2,1-4H3. The summed E-state index contributed by atoms with van der Waals surface area (Å²) < 4.78 is 0. The van der Waals surface area contributed by atoms with Crippen molar-refractivity contribution in [2.24, 2.45) is 5.41 Å². The van der Waals surface area contributed by atoms with Crippen LogP contribution < -0.4 is 0 Å². The lowest BCUT2D eigenvalue weighted by Crippen LogP contribution is -2.34. The van der Waals surface area contributed by atoms with Crippen LogP contribution in [0.3, 0.4) is 0 Å². The third-order valence-electron chi connectivity index (χ3n) is 1.77. The monoisotopic (exact) mass is 249 g/mol. The van der Waals surface area contributed by atoms with E-state index in [-0.39, 0.29) is 11.3 Å². The average molecular weight is 250 g/mol. The van der Waals surface area contributed by atoms with Crippen LogP contribution in [0.5, 0.6) is 0 Å². The minimum atomic E-state index is 0.0941. The van der Waals surface area contributed by atoms with Gasteiger partial charge in [-0.2, -0.15) is 0 Å². The van der Waals surface area contributed by atoms with E-state index in [1.165, 1.54) is 0 Å². The Hall–Kier alpha value is -0.0500. The van der Waals surface area contributed by atoms with Gasteiger partial charge in [-0.25, -0.2) is 0 Å². The first kappa shape index (κ1) is 12.9. The third kappa shape index (κ3) is 6.08. The summed E-state index contributed by atoms with van der Waals surface area (Å²) in [5.41, 5.74) is 0.0941. The quantitative estimate of drug-likeness (QED) is 0.702. The molecule has 0 saturated carbocycles. The molecule has 78 valence electrons. The van der Waals surface area contributed by atoms with Crippen molar-refractivity contribution in [3.8, 4) is 0 Å². The van der Waals surface area contributed by atoms with Crippen molar-refractivity contribution in [1.29, 1.82) is 0 Å². The van der Waals surface area contributed by atoms with Gasteiger partial charge in [-0.05, 0) is 12.3 Å². The highest BCUT2D eigenvalue weighted by atomic mass is 79.9. The van der Waals surface area contributed by atoms with Crippen molar-refractivity contribution in [2.45, 2.75) is 34.1 Å². The van der Waals surface area contributed by atoms with Crippen LogP contribution in [0.1, 0.15) is 34.1 Å². The second-order valence-corrected chi connectivity index (χ2v) is 5.19. The molecule has 0 aliphatic carbocycles. The van der Waals surface area contributed by atoms with Crippen LogP contribution in [0.2, 0.25) is 0 Å². The number of carbonyl (C=O) groups is 1. The Kier molecular flexibility index (Phi) is 5.61. The Bertz CT molecular complexity index is 163. The van der Waals surface area contributed by atoms with Crippen molar-refractivity contribution < 1.29 is 4.79 Å². The van der Waals surface area contributed by atoms with E-state index < -0.39 is 0 Å². The maximum absolute atomic E-state index is 11.7. The Balaban J connectivity index is 4.06. The van der Waals surface area contributed by atoms with E-state index in [1.54, 1.807) is 0 Å². The molecule has 0 aliphatic rings. The predicted molar refractivity (Wildman–Crippen MR) is 60.1 cm³/mol. The zero-order chi connectivity index (χ0) is 10.5. The van der Waals surface area contributed by atoms with E-state index in [0.29, 0.717) is 6.42 Å². The largest absolute Gasteiger partial charge is 0.342 e. The summed E-state index contributed by atoms with van der Waals surface area (Å²) in [6.45, 7) is 9.90. The molecule has 13 heavy (non-hydrogen) atoms. The molecule has 0 N–H and O–H groups in total. The summed E-state index contributed by atoms with van der Waals surface area (Å²) in [6.07, 6.45) is 0.633. The molecule has 0 heterocycles. The number of carbonyl (C=O) groups excluding carboxylic acids is 1. The molecule has 0 aromatic heterocycles. The van der Waals surface area contributed by atoms with Crippen molar-refractivity contribution in [3.05, 3.63) is 0 Å². The molecular weight excluding hydrogens is 230 g/mol. The molecular formula is C10H20BrNO. The minimum Gasteiger partial charge on any atom is -0.342 e. The van der Waals surface area contributed by atoms with Gasteiger partial charge in [0, 0.05) is 24.8 Å². The fourth-order valence-corrected chi connectivity index (χ4v) is 1.55. The Labute approximate surface area is 89.8 Å². The minimum absolute atomic E-state index is 0.0941. The molecule has 0 bridgehead atoms. The highest BCUT2D eigenvalue weighted by molar-refractivity contribution is 9.09. The van der Waals surface area contributed by atoms with Gasteiger partial charge in [0.2, 0.25) is 5.91 Å². The maximum atomic E-state index is 11.7. The van der Waals surface area contributed by atoms with E-state index in [2.05, 4.69) is 36.7 Å². The summed E-state index contributed by atoms with van der Waals surface area (Å²) in [5.74, 6) is 0.259. The number of alkyl halides is 1. The summed E-state index contributed by atoms with van der Waals surface area (Å²) in [6, 6.07) is 0. The molecule has 3 heteroatoms. The van der Waals surface area contributed by atoms with Crippen molar-refractivity contribution in [2.75, 3.05) is 18.4 Å². The first-order chi connectivity index (χ1) is 5.90. The van der Waals surface area contributed by atoms with Gasteiger partial charge in [0.05, 0.1) is 0 Å². The average Bonchev–Trinajstić information content (AvgIpc) is 1.96. The number of hydrogen-bond acceptors (Lipinski definition) is 1. The molecule has 0 fully saturated rings. The van der Waals surface area contributed by atoms with Crippen LogP contribution >= 0.6 is 15.9 Å². The summed E-state index contributed by atoms with van der Waals surface area (Å²) >= 11 is 3.34. The van der Waals surface area contributed by atoms with E-state index in [0.717, 1.165) is 18.4 Å². The molecule has 0 aliphatic heterocycles. The van der Waals surface area contributed by atoms with Gasteiger partial charge < -0.3 is 4.90 Å². The van der Waals surface area contributed by atoms with Gasteiger partial charge in [0.1, 0.15) is 0 Å². The van der Waals surface area contributed by atoms with Crippen LogP contribution in [0.25, 0.3) is 0 Å². The fraction of sp³-hybridized carbons (Fsp3) is 0.900. The fourth-order valence-electron chi connectivity index (χ4n) is 1.13. The number of nitrogens with zero attached hydrogens (tertiary/aromatic N) is 1. The molecule has 0 atom stereocenters. The van der Waals surface area contributed by atoms with Crippen LogP contribution in [0.4, 0.5) is 0 Å². The third-order valence-corrected chi connectivity index (χ3v) is 2.13. The van der Waals surface area contributed by atoms with Crippen LogP contribution in [-0.4, -0.2) is 29.2 Å². The van der Waals surface area contributed by atoms with Crippen LogP contribution in [0.15, 0.2) is 0 Å². The smallest absolute Gasteiger partial charge is 0.223 e. The van der Waals surface area contributed by atoms with E-state index in [4.69, 9.17) is 0 Å². The molecule has 0 radical (unpaired) electrons. The maximum Gasteiger partial charge on any atom is 0.223 e. The van der Waals surface area contributed by atoms with Gasteiger partial charge in [-0.15, -0.1) is 0 Å². The van der Waals surface area contributed by atoms with Gasteiger partial charge in [0.15, 0.2) is 0 Å². The van der Waals surface area contributed by atoms with E-state index in [1.807, 2.05) is 11.8 Å². The first-order valence-corrected chi connectivity index (χ1v) is 5.86. The van der Waals surface area contributed by atoms with Gasteiger partial charge in [0.25, 0.3) is 0 Å². The lowest BCUT2D eigenvalue weighted by atomic mass is 9.91. The zero-order valence-electron chi connectivity index (χ0n) is 9.06. The molecule has 0 aromatic rings. The number of halogens is 1. The summed E-state index contributed by atoms with van der Waals surface area (Å²) in [5, 5.41) is 0.858. The highest BCUT2D eigenvalue weighted by Crippen LogP contribution is 2.19. The molecule has 0 unspecified atom stereocenters. The van der Waals surface area contributed by atoms with E-state index in [9.17, 15) is 4.79 Å². The van der Waals surface area contributed by atoms with Crippen LogP contribution in [0, 0.1) is 5.41 Å².